The summed E-state index contributed by atoms with van der Waals surface area (Å²) in [5.41, 5.74) is 1.19. The Morgan fingerprint density at radius 3 is 2.71 bits per heavy atom. The Balaban J connectivity index is 0.00000280. The highest BCUT2D eigenvalue weighted by molar-refractivity contribution is 14.0. The number of aryl methyl sites for hydroxylation is 1. The van der Waals surface area contributed by atoms with Crippen LogP contribution in [0.3, 0.4) is 0 Å². The van der Waals surface area contributed by atoms with Gasteiger partial charge in [-0.15, -0.1) is 24.0 Å². The van der Waals surface area contributed by atoms with E-state index in [1.165, 1.54) is 5.56 Å². The molecule has 0 unspecified atom stereocenters. The van der Waals surface area contributed by atoms with E-state index in [0.29, 0.717) is 19.2 Å². The molecular weight excluding hydrogens is 467 g/mol. The molecule has 0 bridgehead atoms. The van der Waals surface area contributed by atoms with Gasteiger partial charge >= 0.3 is 0 Å². The van der Waals surface area contributed by atoms with E-state index >= 15 is 0 Å². The molecule has 0 aromatic carbocycles. The summed E-state index contributed by atoms with van der Waals surface area (Å²) in [7, 11) is 1.79. The maximum atomic E-state index is 5.64. The number of ether oxygens (including phenoxy) is 1. The Kier molecular flexibility index (Phi) is 9.26. The SMILES string of the molecule is CN=C(NCCOc1cccnc1)NC1CCN(c2ccc(C)cn2)CC1.I. The van der Waals surface area contributed by atoms with Crippen LogP contribution < -0.4 is 20.3 Å². The van der Waals surface area contributed by atoms with Gasteiger partial charge in [0.15, 0.2) is 5.96 Å². The van der Waals surface area contributed by atoms with Gasteiger partial charge < -0.3 is 20.3 Å². The van der Waals surface area contributed by atoms with Crippen LogP contribution in [0.1, 0.15) is 18.4 Å². The zero-order valence-electron chi connectivity index (χ0n) is 16.5. The molecule has 0 amide bonds. The minimum atomic E-state index is 0. The number of halogens is 1. The fourth-order valence-electron chi connectivity index (χ4n) is 3.06. The number of hydrogen-bond acceptors (Lipinski definition) is 5. The Morgan fingerprint density at radius 2 is 2.07 bits per heavy atom. The molecule has 0 saturated carbocycles. The fourth-order valence-corrected chi connectivity index (χ4v) is 3.06. The number of pyridine rings is 2. The molecule has 1 aliphatic rings. The summed E-state index contributed by atoms with van der Waals surface area (Å²) in [6, 6.07) is 8.40. The quantitative estimate of drug-likeness (QED) is 0.277. The third kappa shape index (κ3) is 6.81. The molecule has 2 N–H and O–H groups in total. The van der Waals surface area contributed by atoms with E-state index in [9.17, 15) is 0 Å². The lowest BCUT2D eigenvalue weighted by atomic mass is 10.1. The monoisotopic (exact) mass is 496 g/mol. The smallest absolute Gasteiger partial charge is 0.191 e. The van der Waals surface area contributed by atoms with Crippen molar-refractivity contribution in [2.24, 2.45) is 4.99 Å². The van der Waals surface area contributed by atoms with Crippen LogP contribution in [0.15, 0.2) is 47.8 Å². The molecule has 0 spiro atoms. The van der Waals surface area contributed by atoms with Crippen molar-refractivity contribution >= 4 is 35.8 Å². The van der Waals surface area contributed by atoms with Crippen molar-refractivity contribution in [3.8, 4) is 5.75 Å². The number of nitrogens with zero attached hydrogens (tertiary/aromatic N) is 4. The molecule has 3 heterocycles. The van der Waals surface area contributed by atoms with Gasteiger partial charge in [-0.05, 0) is 43.5 Å². The van der Waals surface area contributed by atoms with Gasteiger partial charge in [-0.1, -0.05) is 6.07 Å². The van der Waals surface area contributed by atoms with Crippen LogP contribution in [0.2, 0.25) is 0 Å². The minimum absolute atomic E-state index is 0. The molecular formula is C20H29IN6O. The van der Waals surface area contributed by atoms with Crippen molar-refractivity contribution in [3.63, 3.8) is 0 Å². The van der Waals surface area contributed by atoms with Gasteiger partial charge in [0.25, 0.3) is 0 Å². The van der Waals surface area contributed by atoms with Crippen LogP contribution in [0.5, 0.6) is 5.75 Å². The van der Waals surface area contributed by atoms with E-state index in [0.717, 1.165) is 43.5 Å². The first-order valence-corrected chi connectivity index (χ1v) is 9.42. The lowest BCUT2D eigenvalue weighted by Gasteiger charge is -2.33. The largest absolute Gasteiger partial charge is 0.490 e. The zero-order chi connectivity index (χ0) is 18.9. The summed E-state index contributed by atoms with van der Waals surface area (Å²) in [5.74, 6) is 2.66. The number of aromatic nitrogens is 2. The van der Waals surface area contributed by atoms with Gasteiger partial charge in [-0.2, -0.15) is 0 Å². The average molecular weight is 496 g/mol. The predicted octanol–water partition coefficient (Wildman–Crippen LogP) is 2.62. The van der Waals surface area contributed by atoms with Gasteiger partial charge in [0.05, 0.1) is 12.7 Å². The van der Waals surface area contributed by atoms with Crippen molar-refractivity contribution < 1.29 is 4.74 Å². The van der Waals surface area contributed by atoms with Gasteiger partial charge in [0.2, 0.25) is 0 Å². The molecule has 1 saturated heterocycles. The summed E-state index contributed by atoms with van der Waals surface area (Å²) < 4.78 is 5.64. The normalized spacial score (nSPS) is 14.9. The molecule has 2 aromatic heterocycles. The highest BCUT2D eigenvalue weighted by Gasteiger charge is 2.20. The first-order valence-electron chi connectivity index (χ1n) is 9.42. The molecule has 3 rings (SSSR count). The second-order valence-electron chi connectivity index (χ2n) is 6.64. The number of guanidine groups is 1. The zero-order valence-corrected chi connectivity index (χ0v) is 18.8. The van der Waals surface area contributed by atoms with Crippen molar-refractivity contribution in [2.45, 2.75) is 25.8 Å². The van der Waals surface area contributed by atoms with Crippen LogP contribution >= 0.6 is 24.0 Å². The maximum Gasteiger partial charge on any atom is 0.191 e. The Morgan fingerprint density at radius 1 is 1.25 bits per heavy atom. The number of aliphatic imine (C=N–C) groups is 1. The Hall–Kier alpha value is -2.10. The van der Waals surface area contributed by atoms with Crippen LogP contribution in [0.4, 0.5) is 5.82 Å². The van der Waals surface area contributed by atoms with Crippen molar-refractivity contribution in [1.82, 2.24) is 20.6 Å². The van der Waals surface area contributed by atoms with E-state index in [2.05, 4.69) is 49.6 Å². The molecule has 0 radical (unpaired) electrons. The molecule has 0 atom stereocenters. The minimum Gasteiger partial charge on any atom is -0.490 e. The number of nitrogens with one attached hydrogen (secondary N) is 2. The molecule has 1 fully saturated rings. The third-order valence-corrected chi connectivity index (χ3v) is 4.58. The number of piperidine rings is 1. The first kappa shape index (κ1) is 22.2. The van der Waals surface area contributed by atoms with Crippen molar-refractivity contribution in [1.29, 1.82) is 0 Å². The summed E-state index contributed by atoms with van der Waals surface area (Å²) in [6.45, 7) is 5.29. The van der Waals surface area contributed by atoms with Crippen molar-refractivity contribution in [3.05, 3.63) is 48.4 Å². The standard InChI is InChI=1S/C20H28N6O.HI/c1-16-5-6-19(24-14-16)26-11-7-17(8-12-26)25-20(21-2)23-10-13-27-18-4-3-9-22-15-18;/h3-6,9,14-15,17H,7-8,10-13H2,1-2H3,(H2,21,23,25);1H. The summed E-state index contributed by atoms with van der Waals surface area (Å²) in [4.78, 5) is 15.2. The maximum absolute atomic E-state index is 5.64. The van der Waals surface area contributed by atoms with Crippen LogP contribution in [-0.2, 0) is 0 Å². The average Bonchev–Trinajstić information content (AvgIpc) is 2.72. The molecule has 2 aromatic rings. The molecule has 28 heavy (non-hydrogen) atoms. The van der Waals surface area contributed by atoms with E-state index in [1.54, 1.807) is 19.4 Å². The van der Waals surface area contributed by atoms with Gasteiger partial charge in [0, 0.05) is 38.6 Å². The lowest BCUT2D eigenvalue weighted by molar-refractivity contribution is 0.320. The second kappa shape index (κ2) is 11.7. The van der Waals surface area contributed by atoms with Gasteiger partial charge in [0.1, 0.15) is 18.2 Å². The van der Waals surface area contributed by atoms with Crippen molar-refractivity contribution in [2.75, 3.05) is 38.2 Å². The highest BCUT2D eigenvalue weighted by atomic mass is 127. The topological polar surface area (TPSA) is 74.7 Å². The van der Waals surface area contributed by atoms with E-state index in [1.807, 2.05) is 18.3 Å². The molecule has 0 aliphatic carbocycles. The number of rotatable bonds is 6. The Labute approximate surface area is 184 Å². The number of hydrogen-bond donors (Lipinski definition) is 2. The fraction of sp³-hybridized carbons (Fsp3) is 0.450. The summed E-state index contributed by atoms with van der Waals surface area (Å²) in [5, 5.41) is 6.81. The Bertz CT molecular complexity index is 717. The van der Waals surface area contributed by atoms with E-state index < -0.39 is 0 Å². The highest BCUT2D eigenvalue weighted by Crippen LogP contribution is 2.18. The van der Waals surface area contributed by atoms with Gasteiger partial charge in [-0.3, -0.25) is 9.98 Å². The molecule has 7 nitrogen and oxygen atoms in total. The van der Waals surface area contributed by atoms with Crippen LogP contribution in [-0.4, -0.2) is 55.3 Å². The third-order valence-electron chi connectivity index (χ3n) is 4.58. The predicted molar refractivity (Wildman–Crippen MR) is 124 cm³/mol. The summed E-state index contributed by atoms with van der Waals surface area (Å²) in [6.07, 6.45) is 7.49. The lowest BCUT2D eigenvalue weighted by Crippen LogP contribution is -2.49. The second-order valence-corrected chi connectivity index (χ2v) is 6.64. The van der Waals surface area contributed by atoms with Crippen LogP contribution in [0.25, 0.3) is 0 Å². The molecule has 152 valence electrons. The molecule has 8 heteroatoms. The summed E-state index contributed by atoms with van der Waals surface area (Å²) >= 11 is 0. The number of anilines is 1. The van der Waals surface area contributed by atoms with E-state index in [4.69, 9.17) is 4.74 Å². The van der Waals surface area contributed by atoms with Crippen LogP contribution in [0, 0.1) is 6.92 Å². The first-order chi connectivity index (χ1) is 13.2. The molecule has 1 aliphatic heterocycles. The van der Waals surface area contributed by atoms with Gasteiger partial charge in [-0.25, -0.2) is 4.98 Å². The van der Waals surface area contributed by atoms with E-state index in [-0.39, 0.29) is 24.0 Å².